The normalized spacial score (nSPS) is 8.82. The largest absolute Gasteiger partial charge is 0.354 e. The third-order valence-corrected chi connectivity index (χ3v) is 1.73. The minimum absolute atomic E-state index is 0.135. The van der Waals surface area contributed by atoms with Crippen LogP contribution < -0.4 is 16.0 Å². The summed E-state index contributed by atoms with van der Waals surface area (Å²) in [6.07, 6.45) is -0.269. The summed E-state index contributed by atoms with van der Waals surface area (Å²) in [5, 5.41) is 24.5. The van der Waals surface area contributed by atoms with Crippen LogP contribution in [-0.2, 0) is 9.59 Å². The predicted octanol–water partition coefficient (Wildman–Crippen LogP) is -1.36. The first-order chi connectivity index (χ1) is 8.20. The van der Waals surface area contributed by atoms with Gasteiger partial charge in [0.1, 0.15) is 12.8 Å². The van der Waals surface area contributed by atoms with Crippen LogP contribution in [0.3, 0.4) is 0 Å². The molecule has 92 valence electrons. The molecule has 0 unspecified atom stereocenters. The molecule has 7 nitrogen and oxygen atoms in total. The molecule has 0 atom stereocenters. The highest BCUT2D eigenvalue weighted by atomic mass is 16.2. The van der Waals surface area contributed by atoms with Gasteiger partial charge in [0.05, 0.1) is 12.1 Å². The average molecular weight is 237 g/mol. The molecule has 0 saturated heterocycles. The molecular formula is C10H15N5O2. The number of nitrogens with one attached hydrogen (secondary N) is 3. The number of carbonyl (C=O) groups is 2. The van der Waals surface area contributed by atoms with Crippen LogP contribution in [0.4, 0.5) is 0 Å². The number of nitriles is 2. The van der Waals surface area contributed by atoms with Gasteiger partial charge in [-0.15, -0.1) is 0 Å². The summed E-state index contributed by atoms with van der Waals surface area (Å²) >= 11 is 0. The Morgan fingerprint density at radius 2 is 1.24 bits per heavy atom. The summed E-state index contributed by atoms with van der Waals surface area (Å²) in [5.74, 6) is -0.590. The van der Waals surface area contributed by atoms with E-state index in [-0.39, 0.29) is 24.7 Å². The summed E-state index contributed by atoms with van der Waals surface area (Å²) in [5.41, 5.74) is 0. The summed E-state index contributed by atoms with van der Waals surface area (Å²) in [6, 6.07) is 3.49. The number of carbonyl (C=O) groups excluding carboxylic acids is 2. The maximum absolute atomic E-state index is 10.8. The Morgan fingerprint density at radius 1 is 0.824 bits per heavy atom. The fourth-order valence-corrected chi connectivity index (χ4v) is 0.974. The SMILES string of the molecule is N#CCC(=O)NCCNCCNC(=O)CC#N. The van der Waals surface area contributed by atoms with Crippen molar-refractivity contribution in [1.29, 1.82) is 10.5 Å². The molecule has 0 bridgehead atoms. The van der Waals surface area contributed by atoms with Crippen molar-refractivity contribution in [1.82, 2.24) is 16.0 Å². The summed E-state index contributed by atoms with van der Waals surface area (Å²) < 4.78 is 0. The van der Waals surface area contributed by atoms with Crippen molar-refractivity contribution < 1.29 is 9.59 Å². The molecule has 0 aromatic heterocycles. The lowest BCUT2D eigenvalue weighted by atomic mass is 10.4. The van der Waals surface area contributed by atoms with Crippen molar-refractivity contribution in [2.24, 2.45) is 0 Å². The summed E-state index contributed by atoms with van der Waals surface area (Å²) in [6.45, 7) is 2.00. The quantitative estimate of drug-likeness (QED) is 0.450. The zero-order valence-corrected chi connectivity index (χ0v) is 9.45. The van der Waals surface area contributed by atoms with E-state index in [1.54, 1.807) is 12.1 Å². The molecule has 3 N–H and O–H groups in total. The van der Waals surface area contributed by atoms with Gasteiger partial charge < -0.3 is 16.0 Å². The number of amides is 2. The zero-order chi connectivity index (χ0) is 12.9. The Bertz CT molecular complexity index is 297. The molecule has 0 radical (unpaired) electrons. The van der Waals surface area contributed by atoms with Gasteiger partial charge in [0.25, 0.3) is 0 Å². The van der Waals surface area contributed by atoms with Gasteiger partial charge in [-0.25, -0.2) is 0 Å². The Hall–Kier alpha value is -2.12. The molecule has 2 amide bonds. The second kappa shape index (κ2) is 10.4. The van der Waals surface area contributed by atoms with E-state index in [0.29, 0.717) is 26.2 Å². The molecule has 0 fully saturated rings. The van der Waals surface area contributed by atoms with E-state index in [4.69, 9.17) is 10.5 Å². The van der Waals surface area contributed by atoms with Gasteiger partial charge in [-0.1, -0.05) is 0 Å². The smallest absolute Gasteiger partial charge is 0.234 e. The molecule has 0 aromatic carbocycles. The monoisotopic (exact) mass is 237 g/mol. The number of hydrogen-bond donors (Lipinski definition) is 3. The van der Waals surface area contributed by atoms with Crippen LogP contribution in [0.25, 0.3) is 0 Å². The van der Waals surface area contributed by atoms with Crippen LogP contribution in [0.5, 0.6) is 0 Å². The molecule has 7 heteroatoms. The highest BCUT2D eigenvalue weighted by molar-refractivity contribution is 5.78. The van der Waals surface area contributed by atoms with E-state index < -0.39 is 0 Å². The molecule has 0 aliphatic rings. The van der Waals surface area contributed by atoms with E-state index in [1.807, 2.05) is 0 Å². The van der Waals surface area contributed by atoms with Crippen LogP contribution in [0.2, 0.25) is 0 Å². The van der Waals surface area contributed by atoms with Gasteiger partial charge in [0.2, 0.25) is 11.8 Å². The van der Waals surface area contributed by atoms with Crippen LogP contribution in [0.15, 0.2) is 0 Å². The number of rotatable bonds is 8. The highest BCUT2D eigenvalue weighted by Crippen LogP contribution is 1.74. The molecule has 0 aliphatic carbocycles. The van der Waals surface area contributed by atoms with Gasteiger partial charge in [0, 0.05) is 26.2 Å². The molecule has 0 heterocycles. The first kappa shape index (κ1) is 14.9. The molecule has 0 spiro atoms. The Morgan fingerprint density at radius 3 is 1.59 bits per heavy atom. The minimum Gasteiger partial charge on any atom is -0.354 e. The third kappa shape index (κ3) is 10.2. The molecule has 0 rings (SSSR count). The van der Waals surface area contributed by atoms with Crippen molar-refractivity contribution in [2.75, 3.05) is 26.2 Å². The Balaban J connectivity index is 3.25. The average Bonchev–Trinajstić information content (AvgIpc) is 2.28. The number of hydrogen-bond acceptors (Lipinski definition) is 5. The third-order valence-electron chi connectivity index (χ3n) is 1.73. The molecule has 0 saturated carbocycles. The van der Waals surface area contributed by atoms with Crippen molar-refractivity contribution in [2.45, 2.75) is 12.8 Å². The fraction of sp³-hybridized carbons (Fsp3) is 0.600. The molecular weight excluding hydrogens is 222 g/mol. The lowest BCUT2D eigenvalue weighted by Crippen LogP contribution is -2.36. The van der Waals surface area contributed by atoms with Crippen molar-refractivity contribution in [3.05, 3.63) is 0 Å². The zero-order valence-electron chi connectivity index (χ0n) is 9.45. The van der Waals surface area contributed by atoms with Gasteiger partial charge in [-0.05, 0) is 0 Å². The Labute approximate surface area is 99.8 Å². The van der Waals surface area contributed by atoms with Gasteiger partial charge in [-0.2, -0.15) is 10.5 Å². The van der Waals surface area contributed by atoms with E-state index in [2.05, 4.69) is 16.0 Å². The molecule has 17 heavy (non-hydrogen) atoms. The lowest BCUT2D eigenvalue weighted by Gasteiger charge is -2.06. The predicted molar refractivity (Wildman–Crippen MR) is 59.3 cm³/mol. The van der Waals surface area contributed by atoms with E-state index in [1.165, 1.54) is 0 Å². The second-order valence-corrected chi connectivity index (χ2v) is 3.12. The van der Waals surface area contributed by atoms with E-state index in [9.17, 15) is 9.59 Å². The topological polar surface area (TPSA) is 118 Å². The van der Waals surface area contributed by atoms with Crippen LogP contribution in [0.1, 0.15) is 12.8 Å². The minimum atomic E-state index is -0.295. The van der Waals surface area contributed by atoms with Crippen LogP contribution >= 0.6 is 0 Å². The molecule has 0 aromatic rings. The van der Waals surface area contributed by atoms with Crippen LogP contribution in [0, 0.1) is 22.7 Å². The van der Waals surface area contributed by atoms with Gasteiger partial charge in [0.15, 0.2) is 0 Å². The van der Waals surface area contributed by atoms with Crippen molar-refractivity contribution >= 4 is 11.8 Å². The highest BCUT2D eigenvalue weighted by Gasteiger charge is 1.98. The van der Waals surface area contributed by atoms with E-state index in [0.717, 1.165) is 0 Å². The first-order valence-corrected chi connectivity index (χ1v) is 5.18. The van der Waals surface area contributed by atoms with Crippen molar-refractivity contribution in [3.63, 3.8) is 0 Å². The maximum Gasteiger partial charge on any atom is 0.234 e. The fourth-order valence-electron chi connectivity index (χ4n) is 0.974. The second-order valence-electron chi connectivity index (χ2n) is 3.12. The van der Waals surface area contributed by atoms with E-state index >= 15 is 0 Å². The Kier molecular flexibility index (Phi) is 9.10. The first-order valence-electron chi connectivity index (χ1n) is 5.18. The van der Waals surface area contributed by atoms with Crippen LogP contribution in [-0.4, -0.2) is 38.0 Å². The number of nitrogens with zero attached hydrogens (tertiary/aromatic N) is 2. The van der Waals surface area contributed by atoms with Crippen molar-refractivity contribution in [3.8, 4) is 12.1 Å². The maximum atomic E-state index is 10.8. The molecule has 0 aliphatic heterocycles. The standard InChI is InChI=1S/C10H15N5O2/c11-3-1-9(16)14-7-5-13-6-8-15-10(17)2-4-12/h13H,1-2,5-8H2,(H,14,16)(H,15,17). The van der Waals surface area contributed by atoms with Gasteiger partial charge in [-0.3, -0.25) is 9.59 Å². The summed E-state index contributed by atoms with van der Waals surface area (Å²) in [7, 11) is 0. The summed E-state index contributed by atoms with van der Waals surface area (Å²) in [4.78, 5) is 21.7. The lowest BCUT2D eigenvalue weighted by molar-refractivity contribution is -0.120. The van der Waals surface area contributed by atoms with Gasteiger partial charge >= 0.3 is 0 Å².